The van der Waals surface area contributed by atoms with E-state index in [1.807, 2.05) is 26.1 Å². The second-order valence-corrected chi connectivity index (χ2v) is 3.65. The Kier molecular flexibility index (Phi) is 5.39. The maximum atomic E-state index is 5.48. The number of furan rings is 1. The van der Waals surface area contributed by atoms with Gasteiger partial charge in [-0.2, -0.15) is 0 Å². The molecule has 0 spiro atoms. The average molecular weight is 212 g/mol. The van der Waals surface area contributed by atoms with Crippen molar-refractivity contribution in [1.29, 1.82) is 0 Å². The SMILES string of the molecule is Cc1ccc(CN(C)CCOCCN)o1. The molecule has 0 bridgehead atoms. The van der Waals surface area contributed by atoms with Crippen LogP contribution in [0.5, 0.6) is 0 Å². The summed E-state index contributed by atoms with van der Waals surface area (Å²) in [5, 5.41) is 0. The summed E-state index contributed by atoms with van der Waals surface area (Å²) in [6.07, 6.45) is 0. The normalized spacial score (nSPS) is 11.2. The smallest absolute Gasteiger partial charge is 0.118 e. The van der Waals surface area contributed by atoms with E-state index in [1.165, 1.54) is 0 Å². The molecule has 0 aromatic carbocycles. The van der Waals surface area contributed by atoms with E-state index in [1.54, 1.807) is 0 Å². The summed E-state index contributed by atoms with van der Waals surface area (Å²) in [5.41, 5.74) is 5.32. The highest BCUT2D eigenvalue weighted by Gasteiger charge is 2.03. The first-order valence-corrected chi connectivity index (χ1v) is 5.24. The van der Waals surface area contributed by atoms with Crippen LogP contribution in [-0.2, 0) is 11.3 Å². The Bertz CT molecular complexity index is 273. The lowest BCUT2D eigenvalue weighted by molar-refractivity contribution is 0.113. The monoisotopic (exact) mass is 212 g/mol. The summed E-state index contributed by atoms with van der Waals surface area (Å²) < 4.78 is 10.8. The molecule has 0 radical (unpaired) electrons. The number of nitrogens with two attached hydrogens (primary N) is 1. The Balaban J connectivity index is 2.15. The molecular formula is C11H20N2O2. The van der Waals surface area contributed by atoms with Crippen LogP contribution >= 0.6 is 0 Å². The molecule has 0 saturated carbocycles. The molecule has 0 atom stereocenters. The van der Waals surface area contributed by atoms with Gasteiger partial charge in [0, 0.05) is 13.1 Å². The fraction of sp³-hybridized carbons (Fsp3) is 0.636. The third-order valence-corrected chi connectivity index (χ3v) is 2.10. The molecule has 0 aliphatic carbocycles. The molecule has 0 unspecified atom stereocenters. The maximum absolute atomic E-state index is 5.48. The molecule has 15 heavy (non-hydrogen) atoms. The average Bonchev–Trinajstić information content (AvgIpc) is 2.59. The molecular weight excluding hydrogens is 192 g/mol. The van der Waals surface area contributed by atoms with Gasteiger partial charge in [-0.05, 0) is 26.1 Å². The number of ether oxygens (including phenoxy) is 1. The Labute approximate surface area is 91.0 Å². The predicted octanol–water partition coefficient (Wildman–Crippen LogP) is 0.995. The molecule has 1 rings (SSSR count). The first-order chi connectivity index (χ1) is 7.22. The van der Waals surface area contributed by atoms with Crippen LogP contribution in [0, 0.1) is 6.92 Å². The van der Waals surface area contributed by atoms with Crippen molar-refractivity contribution in [1.82, 2.24) is 4.90 Å². The molecule has 0 aliphatic rings. The van der Waals surface area contributed by atoms with Crippen molar-refractivity contribution in [2.24, 2.45) is 5.73 Å². The Morgan fingerprint density at radius 1 is 1.40 bits per heavy atom. The fourth-order valence-electron chi connectivity index (χ4n) is 1.32. The first kappa shape index (κ1) is 12.2. The summed E-state index contributed by atoms with van der Waals surface area (Å²) in [6, 6.07) is 3.99. The zero-order chi connectivity index (χ0) is 11.1. The second kappa shape index (κ2) is 6.61. The summed E-state index contributed by atoms with van der Waals surface area (Å²) >= 11 is 0. The third-order valence-electron chi connectivity index (χ3n) is 2.10. The van der Waals surface area contributed by atoms with Crippen LogP contribution in [-0.4, -0.2) is 38.3 Å². The zero-order valence-corrected chi connectivity index (χ0v) is 9.53. The number of aryl methyl sites for hydroxylation is 1. The highest BCUT2D eigenvalue weighted by molar-refractivity contribution is 5.05. The summed E-state index contributed by atoms with van der Waals surface area (Å²) in [5.74, 6) is 1.95. The lowest BCUT2D eigenvalue weighted by Crippen LogP contribution is -2.23. The van der Waals surface area contributed by atoms with Gasteiger partial charge in [-0.3, -0.25) is 4.90 Å². The van der Waals surface area contributed by atoms with Gasteiger partial charge >= 0.3 is 0 Å². The van der Waals surface area contributed by atoms with Crippen LogP contribution in [0.2, 0.25) is 0 Å². The topological polar surface area (TPSA) is 51.6 Å². The molecule has 4 nitrogen and oxygen atoms in total. The molecule has 86 valence electrons. The van der Waals surface area contributed by atoms with Gasteiger partial charge in [-0.1, -0.05) is 0 Å². The standard InChI is InChI=1S/C11H20N2O2/c1-10-3-4-11(15-10)9-13(2)6-8-14-7-5-12/h3-4H,5-9,12H2,1-2H3. The van der Waals surface area contributed by atoms with Crippen LogP contribution in [0.4, 0.5) is 0 Å². The number of hydrogen-bond donors (Lipinski definition) is 1. The van der Waals surface area contributed by atoms with Crippen molar-refractivity contribution in [3.8, 4) is 0 Å². The molecule has 1 aromatic rings. The number of nitrogens with zero attached hydrogens (tertiary/aromatic N) is 1. The zero-order valence-electron chi connectivity index (χ0n) is 9.53. The molecule has 0 amide bonds. The van der Waals surface area contributed by atoms with Crippen molar-refractivity contribution in [2.45, 2.75) is 13.5 Å². The number of rotatable bonds is 7. The summed E-state index contributed by atoms with van der Waals surface area (Å²) in [7, 11) is 2.05. The van der Waals surface area contributed by atoms with Crippen molar-refractivity contribution in [3.63, 3.8) is 0 Å². The minimum Gasteiger partial charge on any atom is -0.465 e. The Morgan fingerprint density at radius 3 is 2.80 bits per heavy atom. The van der Waals surface area contributed by atoms with E-state index in [0.717, 1.165) is 24.6 Å². The largest absolute Gasteiger partial charge is 0.465 e. The molecule has 2 N–H and O–H groups in total. The van der Waals surface area contributed by atoms with Gasteiger partial charge in [-0.15, -0.1) is 0 Å². The van der Waals surface area contributed by atoms with E-state index in [9.17, 15) is 0 Å². The van der Waals surface area contributed by atoms with E-state index in [-0.39, 0.29) is 0 Å². The van der Waals surface area contributed by atoms with Crippen LogP contribution in [0.15, 0.2) is 16.5 Å². The molecule has 0 fully saturated rings. The van der Waals surface area contributed by atoms with Gasteiger partial charge in [0.15, 0.2) is 0 Å². The van der Waals surface area contributed by atoms with E-state index in [4.69, 9.17) is 14.9 Å². The summed E-state index contributed by atoms with van der Waals surface area (Å²) in [6.45, 7) is 5.59. The van der Waals surface area contributed by atoms with E-state index in [2.05, 4.69) is 4.90 Å². The van der Waals surface area contributed by atoms with Gasteiger partial charge in [0.2, 0.25) is 0 Å². The molecule has 1 heterocycles. The predicted molar refractivity (Wildman–Crippen MR) is 59.7 cm³/mol. The van der Waals surface area contributed by atoms with Crippen molar-refractivity contribution >= 4 is 0 Å². The first-order valence-electron chi connectivity index (χ1n) is 5.24. The van der Waals surface area contributed by atoms with Gasteiger partial charge < -0.3 is 14.9 Å². The Hall–Kier alpha value is -0.840. The summed E-state index contributed by atoms with van der Waals surface area (Å²) in [4.78, 5) is 2.16. The lowest BCUT2D eigenvalue weighted by atomic mass is 10.4. The second-order valence-electron chi connectivity index (χ2n) is 3.65. The molecule has 0 aliphatic heterocycles. The van der Waals surface area contributed by atoms with E-state index >= 15 is 0 Å². The molecule has 4 heteroatoms. The quantitative estimate of drug-likeness (QED) is 0.685. The maximum Gasteiger partial charge on any atom is 0.118 e. The number of hydrogen-bond acceptors (Lipinski definition) is 4. The highest BCUT2D eigenvalue weighted by atomic mass is 16.5. The van der Waals surface area contributed by atoms with E-state index in [0.29, 0.717) is 19.8 Å². The van der Waals surface area contributed by atoms with Crippen LogP contribution < -0.4 is 5.73 Å². The van der Waals surface area contributed by atoms with Crippen molar-refractivity contribution in [2.75, 3.05) is 33.4 Å². The molecule has 0 saturated heterocycles. The Morgan fingerprint density at radius 2 is 2.20 bits per heavy atom. The van der Waals surface area contributed by atoms with Crippen molar-refractivity contribution in [3.05, 3.63) is 23.7 Å². The van der Waals surface area contributed by atoms with Crippen molar-refractivity contribution < 1.29 is 9.15 Å². The van der Waals surface area contributed by atoms with Crippen LogP contribution in [0.25, 0.3) is 0 Å². The fourth-order valence-corrected chi connectivity index (χ4v) is 1.32. The van der Waals surface area contributed by atoms with Gasteiger partial charge in [0.1, 0.15) is 11.5 Å². The lowest BCUT2D eigenvalue weighted by Gasteiger charge is -2.14. The minimum absolute atomic E-state index is 0.584. The van der Waals surface area contributed by atoms with E-state index < -0.39 is 0 Å². The highest BCUT2D eigenvalue weighted by Crippen LogP contribution is 2.08. The number of likely N-dealkylation sites (N-methyl/N-ethyl adjacent to an activating group) is 1. The van der Waals surface area contributed by atoms with Gasteiger partial charge in [0.05, 0.1) is 19.8 Å². The minimum atomic E-state index is 0.584. The van der Waals surface area contributed by atoms with Crippen LogP contribution in [0.1, 0.15) is 11.5 Å². The van der Waals surface area contributed by atoms with Crippen LogP contribution in [0.3, 0.4) is 0 Å². The molecule has 1 aromatic heterocycles. The van der Waals surface area contributed by atoms with Gasteiger partial charge in [-0.25, -0.2) is 0 Å². The third kappa shape index (κ3) is 4.97. The van der Waals surface area contributed by atoms with Gasteiger partial charge in [0.25, 0.3) is 0 Å².